The van der Waals surface area contributed by atoms with Crippen LogP contribution in [-0.4, -0.2) is 12.6 Å². The van der Waals surface area contributed by atoms with Crippen LogP contribution in [-0.2, 0) is 6.54 Å². The number of nitrogens with one attached hydrogen (secondary N) is 1. The van der Waals surface area contributed by atoms with Gasteiger partial charge in [-0.1, -0.05) is 68.0 Å². The normalized spacial score (nSPS) is 15.6. The zero-order valence-corrected chi connectivity index (χ0v) is 15.6. The molecule has 2 aromatic rings. The first-order chi connectivity index (χ1) is 12.7. The van der Waals surface area contributed by atoms with Crippen molar-refractivity contribution in [2.24, 2.45) is 0 Å². The van der Waals surface area contributed by atoms with Crippen LogP contribution in [0.2, 0.25) is 0 Å². The summed E-state index contributed by atoms with van der Waals surface area (Å²) in [5.41, 5.74) is 3.36. The second kappa shape index (κ2) is 8.74. The van der Waals surface area contributed by atoms with Gasteiger partial charge in [0.2, 0.25) is 0 Å². The van der Waals surface area contributed by atoms with Crippen molar-refractivity contribution in [1.29, 1.82) is 0 Å². The van der Waals surface area contributed by atoms with E-state index in [0.29, 0.717) is 0 Å². The molecular formula is C24H27NO. The molecule has 0 unspecified atom stereocenters. The van der Waals surface area contributed by atoms with Crippen LogP contribution in [0.15, 0.2) is 55.1 Å². The van der Waals surface area contributed by atoms with Gasteiger partial charge in [-0.2, -0.15) is 0 Å². The molecule has 0 aliphatic heterocycles. The molecule has 2 aromatic carbocycles. The van der Waals surface area contributed by atoms with Crippen LogP contribution in [0.3, 0.4) is 0 Å². The van der Waals surface area contributed by atoms with Crippen LogP contribution in [0.1, 0.15) is 48.8 Å². The predicted octanol–water partition coefficient (Wildman–Crippen LogP) is 5.18. The first-order valence-electron chi connectivity index (χ1n) is 9.37. The van der Waals surface area contributed by atoms with Crippen molar-refractivity contribution in [3.05, 3.63) is 71.8 Å². The van der Waals surface area contributed by atoms with Gasteiger partial charge in [0.1, 0.15) is 5.75 Å². The molecule has 0 saturated heterocycles. The number of hydrogen-bond donors (Lipinski definition) is 1. The average molecular weight is 345 g/mol. The van der Waals surface area contributed by atoms with Crippen molar-refractivity contribution in [3.63, 3.8) is 0 Å². The van der Waals surface area contributed by atoms with Gasteiger partial charge < -0.3 is 4.74 Å². The van der Waals surface area contributed by atoms with Crippen molar-refractivity contribution in [2.45, 2.75) is 44.2 Å². The largest absolute Gasteiger partial charge is 0.497 e. The third-order valence-electron chi connectivity index (χ3n) is 5.09. The Kier molecular flexibility index (Phi) is 6.15. The summed E-state index contributed by atoms with van der Waals surface area (Å²) in [5.74, 6) is 7.86. The zero-order valence-electron chi connectivity index (χ0n) is 15.6. The molecule has 0 aromatic heterocycles. The molecule has 26 heavy (non-hydrogen) atoms. The molecule has 1 fully saturated rings. The van der Waals surface area contributed by atoms with Gasteiger partial charge in [-0.25, -0.2) is 0 Å². The highest BCUT2D eigenvalue weighted by Gasteiger charge is 2.29. The SMILES string of the molecule is C=Cc1ccc(C#CC2(NCc3ccc(OC)cc3)CCCCC2)cc1. The zero-order chi connectivity index (χ0) is 18.2. The Labute approximate surface area is 157 Å². The number of rotatable bonds is 5. The van der Waals surface area contributed by atoms with Gasteiger partial charge in [0.25, 0.3) is 0 Å². The van der Waals surface area contributed by atoms with E-state index in [9.17, 15) is 0 Å². The Hall–Kier alpha value is -2.50. The van der Waals surface area contributed by atoms with Gasteiger partial charge in [-0.3, -0.25) is 5.32 Å². The van der Waals surface area contributed by atoms with Crippen molar-refractivity contribution < 1.29 is 4.74 Å². The summed E-state index contributed by atoms with van der Waals surface area (Å²) in [5, 5.41) is 3.75. The molecular weight excluding hydrogens is 318 g/mol. The van der Waals surface area contributed by atoms with Crippen LogP contribution in [0.4, 0.5) is 0 Å². The lowest BCUT2D eigenvalue weighted by atomic mass is 9.81. The summed E-state index contributed by atoms with van der Waals surface area (Å²) in [6.45, 7) is 4.63. The highest BCUT2D eigenvalue weighted by Crippen LogP contribution is 2.28. The van der Waals surface area contributed by atoms with Gasteiger partial charge in [0, 0.05) is 12.1 Å². The summed E-state index contributed by atoms with van der Waals surface area (Å²) < 4.78 is 5.24. The second-order valence-corrected chi connectivity index (χ2v) is 6.92. The van der Waals surface area contributed by atoms with E-state index in [1.807, 2.05) is 18.2 Å². The molecule has 0 bridgehead atoms. The van der Waals surface area contributed by atoms with E-state index < -0.39 is 0 Å². The minimum absolute atomic E-state index is 0.0880. The monoisotopic (exact) mass is 345 g/mol. The van der Waals surface area contributed by atoms with Crippen molar-refractivity contribution >= 4 is 6.08 Å². The molecule has 2 heteroatoms. The number of methoxy groups -OCH3 is 1. The maximum Gasteiger partial charge on any atom is 0.118 e. The molecule has 0 radical (unpaired) electrons. The molecule has 0 heterocycles. The molecule has 3 rings (SSSR count). The van der Waals surface area contributed by atoms with Crippen LogP contribution in [0.5, 0.6) is 5.75 Å². The van der Waals surface area contributed by atoms with Crippen LogP contribution >= 0.6 is 0 Å². The van der Waals surface area contributed by atoms with E-state index in [1.54, 1.807) is 7.11 Å². The Morgan fingerprint density at radius 3 is 2.35 bits per heavy atom. The highest BCUT2D eigenvalue weighted by atomic mass is 16.5. The molecule has 134 valence electrons. The fourth-order valence-corrected chi connectivity index (χ4v) is 3.41. The minimum atomic E-state index is -0.0880. The smallest absolute Gasteiger partial charge is 0.118 e. The van der Waals surface area contributed by atoms with Crippen molar-refractivity contribution in [2.75, 3.05) is 7.11 Å². The maximum absolute atomic E-state index is 5.24. The summed E-state index contributed by atoms with van der Waals surface area (Å²) in [7, 11) is 1.70. The van der Waals surface area contributed by atoms with Crippen LogP contribution in [0.25, 0.3) is 6.08 Å². The predicted molar refractivity (Wildman–Crippen MR) is 109 cm³/mol. The molecule has 0 amide bonds. The van der Waals surface area contributed by atoms with Gasteiger partial charge in [-0.05, 0) is 48.2 Å². The fourth-order valence-electron chi connectivity index (χ4n) is 3.41. The van der Waals surface area contributed by atoms with E-state index in [2.05, 4.69) is 60.1 Å². The third kappa shape index (κ3) is 4.77. The standard InChI is InChI=1S/C24H27NO/c1-3-20-7-9-21(10-8-20)15-18-24(16-5-4-6-17-24)25-19-22-11-13-23(26-2)14-12-22/h3,7-14,25H,1,4-6,16-17,19H2,2H3. The van der Waals surface area contributed by atoms with Gasteiger partial charge in [0.15, 0.2) is 0 Å². The minimum Gasteiger partial charge on any atom is -0.497 e. The number of hydrogen-bond acceptors (Lipinski definition) is 2. The number of benzene rings is 2. The maximum atomic E-state index is 5.24. The number of ether oxygens (including phenoxy) is 1. The van der Waals surface area contributed by atoms with Gasteiger partial charge in [-0.15, -0.1) is 0 Å². The van der Waals surface area contributed by atoms with E-state index in [4.69, 9.17) is 4.74 Å². The van der Waals surface area contributed by atoms with Gasteiger partial charge >= 0.3 is 0 Å². The molecule has 0 spiro atoms. The Balaban J connectivity index is 1.73. The molecule has 1 aliphatic rings. The first-order valence-corrected chi connectivity index (χ1v) is 9.37. The van der Waals surface area contributed by atoms with E-state index in [-0.39, 0.29) is 5.54 Å². The lowest BCUT2D eigenvalue weighted by Gasteiger charge is -2.34. The lowest BCUT2D eigenvalue weighted by molar-refractivity contribution is 0.299. The summed E-state index contributed by atoms with van der Waals surface area (Å²) in [6, 6.07) is 16.5. The fraction of sp³-hybridized carbons (Fsp3) is 0.333. The van der Waals surface area contributed by atoms with Crippen LogP contribution in [0, 0.1) is 11.8 Å². The molecule has 2 nitrogen and oxygen atoms in total. The van der Waals surface area contributed by atoms with Gasteiger partial charge in [0.05, 0.1) is 12.6 Å². The molecule has 1 aliphatic carbocycles. The Bertz CT molecular complexity index is 772. The van der Waals surface area contributed by atoms with E-state index >= 15 is 0 Å². The second-order valence-electron chi connectivity index (χ2n) is 6.92. The molecule has 1 saturated carbocycles. The average Bonchev–Trinajstić information content (AvgIpc) is 2.72. The quantitative estimate of drug-likeness (QED) is 0.754. The van der Waals surface area contributed by atoms with E-state index in [0.717, 1.165) is 36.3 Å². The molecule has 1 N–H and O–H groups in total. The summed E-state index contributed by atoms with van der Waals surface area (Å²) in [4.78, 5) is 0. The Morgan fingerprint density at radius 2 is 1.73 bits per heavy atom. The van der Waals surface area contributed by atoms with Crippen molar-refractivity contribution in [1.82, 2.24) is 5.32 Å². The first kappa shape index (κ1) is 18.3. The third-order valence-corrected chi connectivity index (χ3v) is 5.09. The lowest BCUT2D eigenvalue weighted by Crippen LogP contribution is -2.45. The topological polar surface area (TPSA) is 21.3 Å². The van der Waals surface area contributed by atoms with Crippen molar-refractivity contribution in [3.8, 4) is 17.6 Å². The highest BCUT2D eigenvalue weighted by molar-refractivity contribution is 5.49. The summed E-state index contributed by atoms with van der Waals surface area (Å²) >= 11 is 0. The summed E-state index contributed by atoms with van der Waals surface area (Å²) in [6.07, 6.45) is 7.86. The Morgan fingerprint density at radius 1 is 1.04 bits per heavy atom. The van der Waals surface area contributed by atoms with E-state index in [1.165, 1.54) is 24.8 Å². The molecule has 0 atom stereocenters. The van der Waals surface area contributed by atoms with Crippen LogP contribution < -0.4 is 10.1 Å².